The molecule has 1 aromatic heterocycles. The van der Waals surface area contributed by atoms with Gasteiger partial charge in [-0.05, 0) is 88.4 Å². The van der Waals surface area contributed by atoms with Gasteiger partial charge in [0.15, 0.2) is 25.0 Å². The molecule has 6 atom stereocenters. The van der Waals surface area contributed by atoms with Crippen LogP contribution in [0.3, 0.4) is 0 Å². The number of benzene rings is 2. The molecular weight excluding hydrogens is 963 g/mol. The molecule has 0 bridgehead atoms. The highest BCUT2D eigenvalue weighted by Crippen LogP contribution is 2.31. The number of carbonyl (C=O) groups excluding carboxylic acids is 7. The van der Waals surface area contributed by atoms with Crippen LogP contribution in [-0.2, 0) is 44.8 Å². The number of aromatic nitrogens is 1. The zero-order valence-corrected chi connectivity index (χ0v) is 41.4. The number of nitrogens with one attached hydrogen (secondary N) is 4. The lowest BCUT2D eigenvalue weighted by atomic mass is 9.91. The Morgan fingerprint density at radius 1 is 0.865 bits per heavy atom. The van der Waals surface area contributed by atoms with Gasteiger partial charge in [-0.2, -0.15) is 0 Å². The quantitative estimate of drug-likeness (QED) is 0.0324. The number of aliphatic hydroxyl groups is 3. The summed E-state index contributed by atoms with van der Waals surface area (Å²) in [6.07, 6.45) is 2.36. The Hall–Kier alpha value is -7.53. The molecule has 0 aliphatic carbocycles. The van der Waals surface area contributed by atoms with Gasteiger partial charge >= 0.3 is 12.1 Å². The average molecular weight is 1030 g/mol. The standard InChI is InChI=1S/C52H63N7O15/c1-52(2,3)74-51(71)55-29-37(59-41(62)18-19-42(59)63)47(67)54-24-20-40(61)56-36-28-34(14-16-38(36)72-50-45(66)43(64)44(65)46(73-50)49(69)70)31-57-25-9-11-33(30-57)15-17-39(60)53-23-8-7-10-32-21-26-58(27-22-32)48(68)35-12-5-4-6-13-35/h4-6,9,11-19,25,28,30,32,37,43-46,50,64-66H,7-8,10,20-24,26-27,29,31H2,1-3H3,(H4-,53,54,55,56,60,61,67,69,70,71)/p+1/b17-15+/t37?,43-,44-,45+,46-,50+/m0/s1. The SMILES string of the molecule is CC(C)(C)OC(=O)NCC(C(=O)NCCC(=O)Nc1cc(C[n+]2cccc(/C=C/C(=O)NCCCCC3CCN(C(=O)c4ccccc4)CC3)c2)ccc1O[C@@H]1O[C@H](C(=O)O)[C@@H](O)[C@H](O)[C@H]1O)N1C(=O)C=CC1=O. The van der Waals surface area contributed by atoms with Crippen LogP contribution in [0.25, 0.3) is 6.08 Å². The smallest absolute Gasteiger partial charge is 0.407 e. The van der Waals surface area contributed by atoms with Gasteiger partial charge in [0, 0.05) is 73.6 Å². The molecule has 0 saturated carbocycles. The maximum absolute atomic E-state index is 13.5. The highest BCUT2D eigenvalue weighted by Gasteiger charge is 2.48. The molecule has 0 spiro atoms. The third-order valence-electron chi connectivity index (χ3n) is 12.3. The Kier molecular flexibility index (Phi) is 19.5. The second-order valence-electron chi connectivity index (χ2n) is 19.1. The maximum Gasteiger partial charge on any atom is 0.407 e. The van der Waals surface area contributed by atoms with Crippen LogP contribution >= 0.6 is 0 Å². The topological polar surface area (TPSA) is 304 Å². The minimum atomic E-state index is -1.99. The molecule has 3 aliphatic heterocycles. The number of ether oxygens (including phenoxy) is 3. The van der Waals surface area contributed by atoms with Gasteiger partial charge in [0.05, 0.1) is 12.2 Å². The summed E-state index contributed by atoms with van der Waals surface area (Å²) >= 11 is 0. The van der Waals surface area contributed by atoms with Crippen LogP contribution in [0.5, 0.6) is 5.75 Å². The Balaban J connectivity index is 1.04. The van der Waals surface area contributed by atoms with Crippen molar-refractivity contribution in [2.75, 3.05) is 38.0 Å². The molecule has 1 unspecified atom stereocenters. The summed E-state index contributed by atoms with van der Waals surface area (Å²) in [6.45, 7) is 6.25. The number of carboxylic acids is 1. The van der Waals surface area contributed by atoms with Crippen LogP contribution in [0.4, 0.5) is 10.5 Å². The number of amides is 7. The molecule has 7 amide bonds. The van der Waals surface area contributed by atoms with E-state index in [4.69, 9.17) is 14.2 Å². The monoisotopic (exact) mass is 1030 g/mol. The summed E-state index contributed by atoms with van der Waals surface area (Å²) in [6, 6.07) is 15.9. The molecule has 2 fully saturated rings. The zero-order valence-electron chi connectivity index (χ0n) is 41.4. The molecule has 22 heteroatoms. The van der Waals surface area contributed by atoms with Crippen molar-refractivity contribution in [3.8, 4) is 5.75 Å². The normalized spacial score (nSPS) is 20.5. The molecule has 3 aliphatic rings. The fraction of sp³-hybridized carbons (Fsp3) is 0.442. The van der Waals surface area contributed by atoms with Crippen LogP contribution < -0.4 is 30.6 Å². The second kappa shape index (κ2) is 25.9. The molecule has 4 heterocycles. The summed E-state index contributed by atoms with van der Waals surface area (Å²) in [5, 5.41) is 51.4. The molecule has 22 nitrogen and oxygen atoms in total. The summed E-state index contributed by atoms with van der Waals surface area (Å²) in [5.41, 5.74) is 1.11. The summed E-state index contributed by atoms with van der Waals surface area (Å²) in [7, 11) is 0. The number of nitrogens with zero attached hydrogens (tertiary/aromatic N) is 3. The van der Waals surface area contributed by atoms with Crippen molar-refractivity contribution in [1.29, 1.82) is 0 Å². The van der Waals surface area contributed by atoms with Crippen LogP contribution in [0.2, 0.25) is 0 Å². The van der Waals surface area contributed by atoms with Crippen molar-refractivity contribution in [3.63, 3.8) is 0 Å². The van der Waals surface area contributed by atoms with E-state index in [0.29, 0.717) is 34.1 Å². The van der Waals surface area contributed by atoms with Gasteiger partial charge in [0.2, 0.25) is 24.0 Å². The highest BCUT2D eigenvalue weighted by molar-refractivity contribution is 6.15. The minimum absolute atomic E-state index is 0.00471. The van der Waals surface area contributed by atoms with Crippen molar-refractivity contribution in [2.24, 2.45) is 5.92 Å². The molecule has 74 heavy (non-hydrogen) atoms. The van der Waals surface area contributed by atoms with E-state index < -0.39 is 84.6 Å². The van der Waals surface area contributed by atoms with Crippen molar-refractivity contribution in [3.05, 3.63) is 108 Å². The number of likely N-dealkylation sites (tertiary alicyclic amines) is 1. The first-order valence-electron chi connectivity index (χ1n) is 24.4. The Morgan fingerprint density at radius 2 is 1.58 bits per heavy atom. The Morgan fingerprint density at radius 3 is 2.27 bits per heavy atom. The van der Waals surface area contributed by atoms with Crippen LogP contribution in [0.15, 0.2) is 91.3 Å². The van der Waals surface area contributed by atoms with Crippen molar-refractivity contribution in [1.82, 2.24) is 25.8 Å². The zero-order chi connectivity index (χ0) is 53.5. The van der Waals surface area contributed by atoms with Crippen molar-refractivity contribution in [2.45, 2.75) is 108 Å². The van der Waals surface area contributed by atoms with E-state index in [-0.39, 0.29) is 42.8 Å². The number of piperidine rings is 1. The van der Waals surface area contributed by atoms with E-state index in [1.54, 1.807) is 55.9 Å². The third-order valence-corrected chi connectivity index (χ3v) is 12.3. The molecule has 8 N–H and O–H groups in total. The fourth-order valence-electron chi connectivity index (χ4n) is 8.43. The molecule has 2 saturated heterocycles. The lowest BCUT2D eigenvalue weighted by Crippen LogP contribution is -2.61. The Labute approximate surface area is 427 Å². The Bertz CT molecular complexity index is 2560. The van der Waals surface area contributed by atoms with E-state index in [2.05, 4.69) is 21.3 Å². The number of carboxylic acid groups (broad SMARTS) is 1. The first kappa shape index (κ1) is 55.8. The molecule has 6 rings (SSSR count). The van der Waals surface area contributed by atoms with Crippen molar-refractivity contribution < 1.29 is 77.6 Å². The number of aliphatic carboxylic acids is 1. The predicted octanol–water partition coefficient (Wildman–Crippen LogP) is 1.41. The first-order valence-corrected chi connectivity index (χ1v) is 24.4. The van der Waals surface area contributed by atoms with Gasteiger partial charge in [0.25, 0.3) is 17.7 Å². The van der Waals surface area contributed by atoms with Gasteiger partial charge in [0.1, 0.15) is 35.7 Å². The number of unbranched alkanes of at least 4 members (excludes halogenated alkanes) is 1. The van der Waals surface area contributed by atoms with E-state index >= 15 is 0 Å². The number of hydrogen-bond donors (Lipinski definition) is 8. The van der Waals surface area contributed by atoms with Gasteiger partial charge in [-0.15, -0.1) is 0 Å². The van der Waals surface area contributed by atoms with Crippen molar-refractivity contribution >= 4 is 59.3 Å². The fourth-order valence-corrected chi connectivity index (χ4v) is 8.43. The lowest BCUT2D eigenvalue weighted by Gasteiger charge is -2.38. The number of pyridine rings is 1. The van der Waals surface area contributed by atoms with Crippen LogP contribution in [-0.4, -0.2) is 153 Å². The van der Waals surface area contributed by atoms with Gasteiger partial charge in [-0.1, -0.05) is 31.0 Å². The number of rotatable bonds is 21. The first-order chi connectivity index (χ1) is 35.3. The van der Waals surface area contributed by atoms with E-state index in [1.165, 1.54) is 18.2 Å². The maximum atomic E-state index is 13.5. The number of anilines is 1. The van der Waals surface area contributed by atoms with E-state index in [9.17, 15) is 58.8 Å². The molecule has 2 aromatic carbocycles. The summed E-state index contributed by atoms with van der Waals surface area (Å²) < 4.78 is 18.1. The van der Waals surface area contributed by atoms with Gasteiger partial charge in [-0.3, -0.25) is 33.7 Å². The van der Waals surface area contributed by atoms with E-state index in [0.717, 1.165) is 57.3 Å². The molecular formula is C52H64N7O15+. The van der Waals surface area contributed by atoms with E-state index in [1.807, 2.05) is 41.3 Å². The van der Waals surface area contributed by atoms with Gasteiger partial charge < -0.3 is 60.8 Å². The summed E-state index contributed by atoms with van der Waals surface area (Å²) in [4.78, 5) is 104. The largest absolute Gasteiger partial charge is 0.479 e. The lowest BCUT2D eigenvalue weighted by molar-refractivity contribution is -0.688. The summed E-state index contributed by atoms with van der Waals surface area (Å²) in [5.74, 6) is -4.57. The minimum Gasteiger partial charge on any atom is -0.479 e. The molecule has 0 radical (unpaired) electrons. The number of hydrogen-bond acceptors (Lipinski definition) is 14. The second-order valence-corrected chi connectivity index (χ2v) is 19.1. The number of carbonyl (C=O) groups is 8. The number of aliphatic hydroxyl groups excluding tert-OH is 3. The molecule has 3 aromatic rings. The van der Waals surface area contributed by atoms with Crippen LogP contribution in [0, 0.1) is 5.92 Å². The molecule has 396 valence electrons. The highest BCUT2D eigenvalue weighted by atomic mass is 16.7. The van der Waals surface area contributed by atoms with Crippen LogP contribution in [0.1, 0.15) is 80.8 Å². The third kappa shape index (κ3) is 16.0. The predicted molar refractivity (Wildman–Crippen MR) is 263 cm³/mol. The average Bonchev–Trinajstić information content (AvgIpc) is 3.69. The van der Waals surface area contributed by atoms with Gasteiger partial charge in [-0.25, -0.2) is 14.2 Å². The number of alkyl carbamates (subject to hydrolysis) is 1. The number of imide groups is 1.